The topological polar surface area (TPSA) is 197 Å². The Bertz CT molecular complexity index is 1430. The SMILES string of the molecule is CC(I)(I)I.Nc1cccc(Cl)c1[N+](=O)[O-].Nc1cccc(N2CCCCC2)c1N.Nc1cccc(N2CCCCC2)c1[N+](=O)[O-].[HH]. The molecule has 0 aromatic heterocycles. The lowest BCUT2D eigenvalue weighted by atomic mass is 10.1. The number of alkyl halides is 3. The van der Waals surface area contributed by atoms with Gasteiger partial charge in [-0.1, -0.05) is 97.6 Å². The van der Waals surface area contributed by atoms with Crippen molar-refractivity contribution in [3.05, 3.63) is 79.8 Å². The van der Waals surface area contributed by atoms with Crippen molar-refractivity contribution < 1.29 is 11.3 Å². The molecule has 3 aromatic rings. The maximum atomic E-state index is 11.0. The van der Waals surface area contributed by atoms with Crippen molar-refractivity contribution in [2.75, 3.05) is 58.9 Å². The first-order chi connectivity index (χ1) is 21.6. The summed E-state index contributed by atoms with van der Waals surface area (Å²) >= 11 is 12.6. The predicted molar refractivity (Wildman–Crippen MR) is 220 cm³/mol. The van der Waals surface area contributed by atoms with Crippen LogP contribution < -0.4 is 32.7 Å². The molecule has 0 atom stereocenters. The average molecular weight is 995 g/mol. The minimum atomic E-state index is -0.600. The highest BCUT2D eigenvalue weighted by Gasteiger charge is 2.23. The summed E-state index contributed by atoms with van der Waals surface area (Å²) in [5, 5.41) is 21.3. The van der Waals surface area contributed by atoms with Crippen LogP contribution in [0.3, 0.4) is 0 Å². The number of anilines is 6. The Morgan fingerprint density at radius 2 is 1.04 bits per heavy atom. The van der Waals surface area contributed by atoms with Crippen molar-refractivity contribution in [2.24, 2.45) is 0 Å². The molecule has 0 unspecified atom stereocenters. The molecule has 5 rings (SSSR count). The van der Waals surface area contributed by atoms with E-state index in [1.54, 1.807) is 24.3 Å². The predicted octanol–water partition coefficient (Wildman–Crippen LogP) is 9.05. The molecule has 0 bridgehead atoms. The van der Waals surface area contributed by atoms with Gasteiger partial charge in [-0.05, 0) is 81.8 Å². The molecule has 0 radical (unpaired) electrons. The van der Waals surface area contributed by atoms with Crippen molar-refractivity contribution >= 4 is 125 Å². The second kappa shape index (κ2) is 19.5. The Balaban J connectivity index is 0.000000330. The summed E-state index contributed by atoms with van der Waals surface area (Å²) in [6, 6.07) is 15.4. The lowest BCUT2D eigenvalue weighted by Gasteiger charge is -2.30. The maximum Gasteiger partial charge on any atom is 0.315 e. The Kier molecular flexibility index (Phi) is 17.0. The number of benzene rings is 3. The maximum absolute atomic E-state index is 11.0. The van der Waals surface area contributed by atoms with Crippen LogP contribution in [0.2, 0.25) is 5.02 Å². The quantitative estimate of drug-likeness (QED) is 0.0644. The third-order valence-corrected chi connectivity index (χ3v) is 7.24. The number of rotatable bonds is 4. The highest BCUT2D eigenvalue weighted by atomic mass is 127. The number of para-hydroxylation sites is 3. The molecule has 16 heteroatoms. The van der Waals surface area contributed by atoms with E-state index in [-0.39, 0.29) is 34.1 Å². The molecule has 2 saturated heterocycles. The van der Waals surface area contributed by atoms with Gasteiger partial charge in [-0.3, -0.25) is 20.2 Å². The molecule has 0 aliphatic carbocycles. The van der Waals surface area contributed by atoms with E-state index < -0.39 is 4.92 Å². The fraction of sp³-hybridized carbons (Fsp3) is 0.400. The number of hydrogen-bond donors (Lipinski definition) is 4. The van der Waals surface area contributed by atoms with Crippen LogP contribution in [0, 0.1) is 20.2 Å². The first kappa shape index (κ1) is 39.9. The molecule has 46 heavy (non-hydrogen) atoms. The van der Waals surface area contributed by atoms with Crippen LogP contribution in [0.5, 0.6) is 0 Å². The van der Waals surface area contributed by atoms with Gasteiger partial charge in [0.1, 0.15) is 21.5 Å². The number of piperidine rings is 2. The smallest absolute Gasteiger partial charge is 0.315 e. The third kappa shape index (κ3) is 13.5. The number of halogens is 4. The fourth-order valence-corrected chi connectivity index (χ4v) is 5.09. The number of hydrogen-bond acceptors (Lipinski definition) is 10. The second-order valence-electron chi connectivity index (χ2n) is 10.6. The molecule has 2 fully saturated rings. The molecule has 0 amide bonds. The summed E-state index contributed by atoms with van der Waals surface area (Å²) in [6.07, 6.45) is 7.23. The standard InChI is InChI=1S/C11H15N3O2.C11H17N3.C6H5ClN2O2.C2H3I3.H2/c12-9-5-4-6-10(11(9)14(15)16)13-7-2-1-3-8-13;12-9-5-4-6-10(11(9)13)14-7-2-1-3-8-14;7-4-2-1-3-5(8)6(4)9(10)11;1-2(3,4)5;/h4-6H,1-3,7-8,12H2;4-6H,1-3,7-8,12-13H2;1-3H,8H2;1H3;1H. The summed E-state index contributed by atoms with van der Waals surface area (Å²) < 4.78 is 0.410. The zero-order chi connectivity index (χ0) is 34.4. The number of nitrogen functional groups attached to an aromatic ring is 4. The van der Waals surface area contributed by atoms with Crippen molar-refractivity contribution in [2.45, 2.75) is 44.9 Å². The second-order valence-corrected chi connectivity index (χ2v) is 23.6. The fourth-order valence-electron chi connectivity index (χ4n) is 4.84. The monoisotopic (exact) mass is 994 g/mol. The van der Waals surface area contributed by atoms with Gasteiger partial charge in [0.05, 0.1) is 26.9 Å². The lowest BCUT2D eigenvalue weighted by molar-refractivity contribution is -0.383. The highest BCUT2D eigenvalue weighted by Crippen LogP contribution is 2.35. The average Bonchev–Trinajstić information content (AvgIpc) is 2.99. The number of nitro benzene ring substituents is 2. The first-order valence-corrected chi connectivity index (χ1v) is 18.1. The molecule has 3 aromatic carbocycles. The van der Waals surface area contributed by atoms with Crippen LogP contribution in [-0.4, -0.2) is 35.5 Å². The van der Waals surface area contributed by atoms with Crippen molar-refractivity contribution in [3.63, 3.8) is 0 Å². The number of nitrogens with zero attached hydrogens (tertiary/aromatic N) is 4. The number of nitro groups is 2. The molecule has 254 valence electrons. The molecule has 2 aliphatic rings. The molecule has 2 heterocycles. The van der Waals surface area contributed by atoms with Gasteiger partial charge in [0.25, 0.3) is 0 Å². The van der Waals surface area contributed by atoms with Crippen LogP contribution in [0.15, 0.2) is 54.6 Å². The van der Waals surface area contributed by atoms with Crippen LogP contribution in [-0.2, 0) is 0 Å². The Hall–Kier alpha value is -2.26. The highest BCUT2D eigenvalue weighted by molar-refractivity contribution is 14.3. The summed E-state index contributed by atoms with van der Waals surface area (Å²) in [4.78, 5) is 24.7. The van der Waals surface area contributed by atoms with Crippen molar-refractivity contribution in [3.8, 4) is 0 Å². The van der Waals surface area contributed by atoms with E-state index in [0.29, 0.717) is 10.8 Å². The van der Waals surface area contributed by atoms with Crippen LogP contribution >= 0.6 is 79.4 Å². The van der Waals surface area contributed by atoms with E-state index in [9.17, 15) is 20.2 Å². The molecule has 2 aliphatic heterocycles. The molecular weight excluding hydrogens is 953 g/mol. The third-order valence-electron chi connectivity index (χ3n) is 6.94. The van der Waals surface area contributed by atoms with Crippen LogP contribution in [0.25, 0.3) is 0 Å². The molecule has 8 N–H and O–H groups in total. The normalized spacial score (nSPS) is 14.4. The molecular formula is C30H42ClI3N8O4. The summed E-state index contributed by atoms with van der Waals surface area (Å²) in [5.41, 5.74) is 26.0. The van der Waals surface area contributed by atoms with E-state index in [0.717, 1.165) is 50.4 Å². The first-order valence-electron chi connectivity index (χ1n) is 14.5. The van der Waals surface area contributed by atoms with Gasteiger partial charge < -0.3 is 32.7 Å². The largest absolute Gasteiger partial charge is 0.397 e. The van der Waals surface area contributed by atoms with E-state index in [4.69, 9.17) is 34.5 Å². The van der Waals surface area contributed by atoms with Gasteiger partial charge in [0.15, 0.2) is 0 Å². The van der Waals surface area contributed by atoms with Gasteiger partial charge in [-0.15, -0.1) is 0 Å². The van der Waals surface area contributed by atoms with Gasteiger partial charge in [0.2, 0.25) is 0 Å². The number of nitrogens with two attached hydrogens (primary N) is 4. The van der Waals surface area contributed by atoms with E-state index >= 15 is 0 Å². The molecule has 0 spiro atoms. The molecule has 12 nitrogen and oxygen atoms in total. The zero-order valence-corrected chi connectivity index (χ0v) is 32.7. The minimum absolute atomic E-state index is 0. The Morgan fingerprint density at radius 3 is 1.46 bits per heavy atom. The van der Waals surface area contributed by atoms with Gasteiger partial charge in [-0.2, -0.15) is 0 Å². The van der Waals surface area contributed by atoms with Gasteiger partial charge >= 0.3 is 11.4 Å². The summed E-state index contributed by atoms with van der Waals surface area (Å²) in [7, 11) is 0. The minimum Gasteiger partial charge on any atom is -0.397 e. The summed E-state index contributed by atoms with van der Waals surface area (Å²) in [5.74, 6) is 0. The zero-order valence-electron chi connectivity index (χ0n) is 25.5. The summed E-state index contributed by atoms with van der Waals surface area (Å²) in [6.45, 7) is 6.12. The van der Waals surface area contributed by atoms with Crippen molar-refractivity contribution in [1.29, 1.82) is 0 Å². The Labute approximate surface area is 317 Å². The lowest BCUT2D eigenvalue weighted by Crippen LogP contribution is -2.30. The van der Waals surface area contributed by atoms with Crippen LogP contribution in [0.1, 0.15) is 46.9 Å². The van der Waals surface area contributed by atoms with Crippen LogP contribution in [0.4, 0.5) is 45.5 Å². The van der Waals surface area contributed by atoms with E-state index in [2.05, 4.69) is 90.6 Å². The van der Waals surface area contributed by atoms with Gasteiger partial charge in [0, 0.05) is 27.6 Å². The van der Waals surface area contributed by atoms with Gasteiger partial charge in [-0.25, -0.2) is 0 Å². The van der Waals surface area contributed by atoms with E-state index in [1.807, 2.05) is 12.1 Å². The van der Waals surface area contributed by atoms with E-state index in [1.165, 1.54) is 37.8 Å². The molecule has 0 saturated carbocycles. The Morgan fingerprint density at radius 1 is 0.674 bits per heavy atom. The van der Waals surface area contributed by atoms with Crippen molar-refractivity contribution in [1.82, 2.24) is 0 Å².